The third-order valence-corrected chi connectivity index (χ3v) is 4.68. The summed E-state index contributed by atoms with van der Waals surface area (Å²) in [6.07, 6.45) is 3.23. The zero-order valence-electron chi connectivity index (χ0n) is 13.0. The summed E-state index contributed by atoms with van der Waals surface area (Å²) in [5.41, 5.74) is 0.854. The number of rotatable bonds is 3. The molecule has 7 heteroatoms. The normalized spacial score (nSPS) is 17.3. The van der Waals surface area contributed by atoms with Crippen molar-refractivity contribution >= 4 is 16.9 Å². The number of piperidine rings is 1. The molecule has 3 heterocycles. The molecule has 124 valence electrons. The summed E-state index contributed by atoms with van der Waals surface area (Å²) in [4.78, 5) is 10.6. The molecule has 5 nitrogen and oxygen atoms in total. The first-order valence-corrected chi connectivity index (χ1v) is 8.01. The van der Waals surface area contributed by atoms with Crippen LogP contribution in [0.25, 0.3) is 11.0 Å². The van der Waals surface area contributed by atoms with E-state index in [-0.39, 0.29) is 11.5 Å². The van der Waals surface area contributed by atoms with Crippen LogP contribution in [-0.4, -0.2) is 33.3 Å². The lowest BCUT2D eigenvalue weighted by Crippen LogP contribution is -2.35. The van der Waals surface area contributed by atoms with Gasteiger partial charge in [0.25, 0.3) is 0 Å². The Kier molecular flexibility index (Phi) is 3.84. The summed E-state index contributed by atoms with van der Waals surface area (Å²) in [6, 6.07) is 6.11. The number of nitrogens with zero attached hydrogens (tertiary/aromatic N) is 4. The zero-order valence-corrected chi connectivity index (χ0v) is 13.0. The van der Waals surface area contributed by atoms with Crippen LogP contribution in [0.5, 0.6) is 0 Å². The Morgan fingerprint density at radius 2 is 1.96 bits per heavy atom. The summed E-state index contributed by atoms with van der Waals surface area (Å²) < 4.78 is 28.5. The van der Waals surface area contributed by atoms with Gasteiger partial charge in [-0.05, 0) is 24.8 Å². The third kappa shape index (κ3) is 2.60. The second-order valence-corrected chi connectivity index (χ2v) is 6.08. The number of anilines is 1. The predicted octanol–water partition coefficient (Wildman–Crippen LogP) is 3.42. The number of benzene rings is 1. The number of aromatic amines is 1. The minimum Gasteiger partial charge on any atom is -0.356 e. The van der Waals surface area contributed by atoms with Crippen molar-refractivity contribution in [3.8, 4) is 0 Å². The molecule has 0 amide bonds. The summed E-state index contributed by atoms with van der Waals surface area (Å²) in [5, 5.41) is 7.68. The fourth-order valence-corrected chi connectivity index (χ4v) is 3.36. The van der Waals surface area contributed by atoms with Crippen LogP contribution in [0.2, 0.25) is 0 Å². The number of alkyl halides is 1. The van der Waals surface area contributed by atoms with Gasteiger partial charge in [-0.3, -0.25) is 5.10 Å². The molecule has 0 aliphatic carbocycles. The van der Waals surface area contributed by atoms with E-state index in [0.29, 0.717) is 31.6 Å². The van der Waals surface area contributed by atoms with Crippen LogP contribution in [0.4, 0.5) is 14.6 Å². The van der Waals surface area contributed by atoms with Crippen LogP contribution in [0, 0.1) is 11.7 Å². The molecule has 0 radical (unpaired) electrons. The molecular formula is C17H17F2N5. The first-order valence-electron chi connectivity index (χ1n) is 8.01. The van der Waals surface area contributed by atoms with Crippen molar-refractivity contribution in [1.82, 2.24) is 20.2 Å². The number of halogens is 2. The molecule has 1 saturated heterocycles. The van der Waals surface area contributed by atoms with Crippen molar-refractivity contribution in [1.29, 1.82) is 0 Å². The molecule has 1 fully saturated rings. The number of H-pyrrole nitrogens is 1. The number of hydrogen-bond donors (Lipinski definition) is 1. The molecule has 2 aromatic heterocycles. The highest BCUT2D eigenvalue weighted by atomic mass is 19.1. The summed E-state index contributed by atoms with van der Waals surface area (Å²) in [7, 11) is 0. The van der Waals surface area contributed by atoms with Gasteiger partial charge in [0.05, 0.1) is 11.6 Å². The minimum absolute atomic E-state index is 0.162. The molecule has 1 aliphatic rings. The second kappa shape index (κ2) is 6.14. The Morgan fingerprint density at radius 3 is 2.75 bits per heavy atom. The van der Waals surface area contributed by atoms with Crippen molar-refractivity contribution in [3.05, 3.63) is 48.2 Å². The summed E-state index contributed by atoms with van der Waals surface area (Å²) in [5.74, 6) is 0.164. The Balaban J connectivity index is 1.49. The summed E-state index contributed by atoms with van der Waals surface area (Å²) in [6.45, 7) is 1.35. The SMILES string of the molecule is Fc1ccccc1C(F)C1CCN(c2ncnc3[nH]ncc23)CC1. The zero-order chi connectivity index (χ0) is 16.5. The van der Waals surface area contributed by atoms with E-state index < -0.39 is 12.0 Å². The van der Waals surface area contributed by atoms with Gasteiger partial charge in [0, 0.05) is 18.7 Å². The van der Waals surface area contributed by atoms with Gasteiger partial charge in [-0.15, -0.1) is 0 Å². The van der Waals surface area contributed by atoms with Crippen LogP contribution in [0.15, 0.2) is 36.8 Å². The maximum atomic E-state index is 14.7. The van der Waals surface area contributed by atoms with Gasteiger partial charge in [-0.25, -0.2) is 18.7 Å². The molecule has 0 saturated carbocycles. The molecule has 1 aromatic carbocycles. The molecule has 1 aliphatic heterocycles. The fourth-order valence-electron chi connectivity index (χ4n) is 3.36. The lowest BCUT2D eigenvalue weighted by Gasteiger charge is -2.34. The summed E-state index contributed by atoms with van der Waals surface area (Å²) >= 11 is 0. The lowest BCUT2D eigenvalue weighted by atomic mass is 9.88. The van der Waals surface area contributed by atoms with Gasteiger partial charge >= 0.3 is 0 Å². The van der Waals surface area contributed by atoms with Crippen LogP contribution < -0.4 is 4.90 Å². The second-order valence-electron chi connectivity index (χ2n) is 6.08. The van der Waals surface area contributed by atoms with Gasteiger partial charge in [0.1, 0.15) is 24.1 Å². The Morgan fingerprint density at radius 1 is 1.17 bits per heavy atom. The smallest absolute Gasteiger partial charge is 0.160 e. The van der Waals surface area contributed by atoms with E-state index in [4.69, 9.17) is 0 Å². The topological polar surface area (TPSA) is 57.7 Å². The van der Waals surface area contributed by atoms with Crippen LogP contribution >= 0.6 is 0 Å². The van der Waals surface area contributed by atoms with Gasteiger partial charge < -0.3 is 4.90 Å². The first-order chi connectivity index (χ1) is 11.7. The van der Waals surface area contributed by atoms with E-state index in [1.165, 1.54) is 18.5 Å². The van der Waals surface area contributed by atoms with E-state index in [0.717, 1.165) is 11.2 Å². The van der Waals surface area contributed by atoms with Crippen molar-refractivity contribution in [2.45, 2.75) is 19.0 Å². The number of aromatic nitrogens is 4. The predicted molar refractivity (Wildman–Crippen MR) is 86.9 cm³/mol. The highest BCUT2D eigenvalue weighted by molar-refractivity contribution is 5.86. The van der Waals surface area contributed by atoms with E-state index in [1.807, 2.05) is 0 Å². The number of fused-ring (bicyclic) bond motifs is 1. The largest absolute Gasteiger partial charge is 0.356 e. The average molecular weight is 329 g/mol. The molecule has 24 heavy (non-hydrogen) atoms. The van der Waals surface area contributed by atoms with E-state index in [1.54, 1.807) is 18.3 Å². The average Bonchev–Trinajstić information content (AvgIpc) is 3.10. The molecule has 3 aromatic rings. The molecule has 0 bridgehead atoms. The Bertz CT molecular complexity index is 842. The molecule has 1 atom stereocenters. The van der Waals surface area contributed by atoms with E-state index in [9.17, 15) is 8.78 Å². The molecule has 0 spiro atoms. The highest BCUT2D eigenvalue weighted by Crippen LogP contribution is 2.36. The van der Waals surface area contributed by atoms with Gasteiger partial charge in [-0.2, -0.15) is 5.10 Å². The van der Waals surface area contributed by atoms with Gasteiger partial charge in [0.2, 0.25) is 0 Å². The van der Waals surface area contributed by atoms with Crippen LogP contribution in [0.1, 0.15) is 24.6 Å². The molecule has 1 N–H and O–H groups in total. The maximum absolute atomic E-state index is 14.7. The van der Waals surface area contributed by atoms with Crippen molar-refractivity contribution in [2.24, 2.45) is 5.92 Å². The molecule has 1 unspecified atom stereocenters. The Hall–Kier alpha value is -2.57. The van der Waals surface area contributed by atoms with E-state index >= 15 is 0 Å². The monoisotopic (exact) mass is 329 g/mol. The van der Waals surface area contributed by atoms with Crippen molar-refractivity contribution in [2.75, 3.05) is 18.0 Å². The van der Waals surface area contributed by atoms with Gasteiger partial charge in [-0.1, -0.05) is 18.2 Å². The Labute approximate surface area is 137 Å². The van der Waals surface area contributed by atoms with Crippen LogP contribution in [-0.2, 0) is 0 Å². The number of hydrogen-bond acceptors (Lipinski definition) is 4. The highest BCUT2D eigenvalue weighted by Gasteiger charge is 2.30. The first kappa shape index (κ1) is 15.0. The lowest BCUT2D eigenvalue weighted by molar-refractivity contribution is 0.194. The quantitative estimate of drug-likeness (QED) is 0.800. The number of nitrogens with one attached hydrogen (secondary N) is 1. The van der Waals surface area contributed by atoms with E-state index in [2.05, 4.69) is 25.1 Å². The standard InChI is InChI=1S/C17H17F2N5/c18-14-4-2-1-3-12(14)15(19)11-5-7-24(8-6-11)17-13-9-22-23-16(13)20-10-21-17/h1-4,9-11,15H,5-8H2,(H,20,21,22,23). The molecule has 4 rings (SSSR count). The third-order valence-electron chi connectivity index (χ3n) is 4.68. The minimum atomic E-state index is -1.27. The van der Waals surface area contributed by atoms with Crippen LogP contribution in [0.3, 0.4) is 0 Å². The van der Waals surface area contributed by atoms with Gasteiger partial charge in [0.15, 0.2) is 5.65 Å². The maximum Gasteiger partial charge on any atom is 0.160 e. The van der Waals surface area contributed by atoms with Crippen molar-refractivity contribution < 1.29 is 8.78 Å². The fraction of sp³-hybridized carbons (Fsp3) is 0.353. The molecular weight excluding hydrogens is 312 g/mol. The van der Waals surface area contributed by atoms with Crippen molar-refractivity contribution in [3.63, 3.8) is 0 Å².